The van der Waals surface area contributed by atoms with Crippen molar-refractivity contribution in [3.05, 3.63) is 42.2 Å². The van der Waals surface area contributed by atoms with E-state index in [1.165, 1.54) is 6.07 Å². The third-order valence-corrected chi connectivity index (χ3v) is 1.88. The average molecular weight is 219 g/mol. The SMILES string of the molecule is O=C(O)c1ccc(CNc2cnccn2)o1. The molecule has 0 bridgehead atoms. The molecule has 2 heterocycles. The van der Waals surface area contributed by atoms with Crippen molar-refractivity contribution in [2.75, 3.05) is 5.32 Å². The molecule has 0 aliphatic carbocycles. The minimum absolute atomic E-state index is 0.0732. The molecule has 0 atom stereocenters. The molecule has 0 fully saturated rings. The molecule has 2 rings (SSSR count). The third-order valence-electron chi connectivity index (χ3n) is 1.88. The molecule has 0 aliphatic heterocycles. The molecule has 82 valence electrons. The maximum absolute atomic E-state index is 10.6. The monoisotopic (exact) mass is 219 g/mol. The highest BCUT2D eigenvalue weighted by atomic mass is 16.4. The molecule has 2 N–H and O–H groups in total. The summed E-state index contributed by atoms with van der Waals surface area (Å²) < 4.78 is 5.06. The molecule has 6 heteroatoms. The maximum atomic E-state index is 10.6. The number of hydrogen-bond donors (Lipinski definition) is 2. The molecule has 6 nitrogen and oxygen atoms in total. The van der Waals surface area contributed by atoms with Crippen molar-refractivity contribution in [1.82, 2.24) is 9.97 Å². The first-order valence-corrected chi connectivity index (χ1v) is 4.57. The van der Waals surface area contributed by atoms with Crippen molar-refractivity contribution in [3.63, 3.8) is 0 Å². The van der Waals surface area contributed by atoms with Gasteiger partial charge in [0.25, 0.3) is 0 Å². The molecule has 2 aromatic heterocycles. The van der Waals surface area contributed by atoms with Gasteiger partial charge in [-0.25, -0.2) is 9.78 Å². The highest BCUT2D eigenvalue weighted by Gasteiger charge is 2.08. The van der Waals surface area contributed by atoms with E-state index in [0.29, 0.717) is 18.1 Å². The Balaban J connectivity index is 1.97. The molecule has 16 heavy (non-hydrogen) atoms. The van der Waals surface area contributed by atoms with Crippen LogP contribution in [-0.4, -0.2) is 21.0 Å². The minimum Gasteiger partial charge on any atom is -0.475 e. The Labute approximate surface area is 91.0 Å². The van der Waals surface area contributed by atoms with Crippen LogP contribution in [0.1, 0.15) is 16.3 Å². The lowest BCUT2D eigenvalue weighted by Crippen LogP contribution is -2.00. The van der Waals surface area contributed by atoms with E-state index in [1.54, 1.807) is 24.7 Å². The van der Waals surface area contributed by atoms with Crippen LogP contribution in [-0.2, 0) is 6.54 Å². The highest BCUT2D eigenvalue weighted by molar-refractivity contribution is 5.84. The fourth-order valence-electron chi connectivity index (χ4n) is 1.16. The summed E-state index contributed by atoms with van der Waals surface area (Å²) >= 11 is 0. The van der Waals surface area contributed by atoms with Crippen LogP contribution in [0.3, 0.4) is 0 Å². The van der Waals surface area contributed by atoms with E-state index in [9.17, 15) is 4.79 Å². The van der Waals surface area contributed by atoms with Gasteiger partial charge in [-0.15, -0.1) is 0 Å². The lowest BCUT2D eigenvalue weighted by molar-refractivity contribution is 0.0660. The molecule has 0 saturated heterocycles. The second-order valence-corrected chi connectivity index (χ2v) is 3.02. The van der Waals surface area contributed by atoms with Gasteiger partial charge in [0.05, 0.1) is 12.7 Å². The molecule has 2 aromatic rings. The Bertz CT molecular complexity index is 481. The Morgan fingerprint density at radius 2 is 2.31 bits per heavy atom. The summed E-state index contributed by atoms with van der Waals surface area (Å²) in [5.74, 6) is -0.0134. The van der Waals surface area contributed by atoms with E-state index in [0.717, 1.165) is 0 Å². The van der Waals surface area contributed by atoms with Gasteiger partial charge in [-0.05, 0) is 12.1 Å². The predicted octanol–water partition coefficient (Wildman–Crippen LogP) is 1.38. The normalized spacial score (nSPS) is 10.0. The van der Waals surface area contributed by atoms with Crippen molar-refractivity contribution < 1.29 is 14.3 Å². The fraction of sp³-hybridized carbons (Fsp3) is 0.100. The van der Waals surface area contributed by atoms with Crippen molar-refractivity contribution in [1.29, 1.82) is 0 Å². The maximum Gasteiger partial charge on any atom is 0.371 e. The van der Waals surface area contributed by atoms with Gasteiger partial charge in [0.2, 0.25) is 5.76 Å². The number of hydrogen-bond acceptors (Lipinski definition) is 5. The lowest BCUT2D eigenvalue weighted by Gasteiger charge is -2.01. The quantitative estimate of drug-likeness (QED) is 0.807. The van der Waals surface area contributed by atoms with E-state index in [-0.39, 0.29) is 5.76 Å². The number of carboxylic acids is 1. The Hall–Kier alpha value is -2.37. The van der Waals surface area contributed by atoms with Crippen LogP contribution in [0, 0.1) is 0 Å². The molecule has 0 spiro atoms. The average Bonchev–Trinajstić information content (AvgIpc) is 2.76. The lowest BCUT2D eigenvalue weighted by atomic mass is 10.4. The Morgan fingerprint density at radius 3 is 2.94 bits per heavy atom. The fourth-order valence-corrected chi connectivity index (χ4v) is 1.16. The van der Waals surface area contributed by atoms with Crippen molar-refractivity contribution in [2.45, 2.75) is 6.54 Å². The molecule has 0 amide bonds. The van der Waals surface area contributed by atoms with Gasteiger partial charge in [0.1, 0.15) is 11.6 Å². The Morgan fingerprint density at radius 1 is 1.44 bits per heavy atom. The van der Waals surface area contributed by atoms with Gasteiger partial charge in [-0.2, -0.15) is 0 Å². The van der Waals surface area contributed by atoms with Crippen molar-refractivity contribution in [2.24, 2.45) is 0 Å². The van der Waals surface area contributed by atoms with Crippen LogP contribution in [0.15, 0.2) is 35.1 Å². The number of aromatic nitrogens is 2. The summed E-state index contributed by atoms with van der Waals surface area (Å²) in [6.45, 7) is 0.367. The topological polar surface area (TPSA) is 88.2 Å². The number of nitrogens with zero attached hydrogens (tertiary/aromatic N) is 2. The highest BCUT2D eigenvalue weighted by Crippen LogP contribution is 2.09. The van der Waals surface area contributed by atoms with E-state index in [1.807, 2.05) is 0 Å². The van der Waals surface area contributed by atoms with E-state index >= 15 is 0 Å². The summed E-state index contributed by atoms with van der Waals surface area (Å²) in [5, 5.41) is 11.6. The first kappa shape index (κ1) is 10.2. The van der Waals surface area contributed by atoms with Crippen LogP contribution >= 0.6 is 0 Å². The zero-order valence-electron chi connectivity index (χ0n) is 8.25. The standard InChI is InChI=1S/C10H9N3O3/c14-10(15)8-2-1-7(16-8)5-13-9-6-11-3-4-12-9/h1-4,6H,5H2,(H,12,13)(H,14,15). The van der Waals surface area contributed by atoms with Crippen molar-refractivity contribution in [3.8, 4) is 0 Å². The summed E-state index contributed by atoms with van der Waals surface area (Å²) in [4.78, 5) is 18.4. The smallest absolute Gasteiger partial charge is 0.371 e. The number of rotatable bonds is 4. The zero-order chi connectivity index (χ0) is 11.4. The van der Waals surface area contributed by atoms with Gasteiger partial charge in [0.15, 0.2) is 0 Å². The van der Waals surface area contributed by atoms with Gasteiger partial charge in [-0.1, -0.05) is 0 Å². The largest absolute Gasteiger partial charge is 0.475 e. The van der Waals surface area contributed by atoms with Crippen molar-refractivity contribution >= 4 is 11.8 Å². The van der Waals surface area contributed by atoms with Crippen LogP contribution in [0.25, 0.3) is 0 Å². The number of furan rings is 1. The van der Waals surface area contributed by atoms with Gasteiger partial charge in [0, 0.05) is 12.4 Å². The van der Waals surface area contributed by atoms with E-state index in [4.69, 9.17) is 9.52 Å². The van der Waals surface area contributed by atoms with Crippen LogP contribution in [0.2, 0.25) is 0 Å². The van der Waals surface area contributed by atoms with Crippen LogP contribution < -0.4 is 5.32 Å². The summed E-state index contributed by atoms with van der Waals surface area (Å²) in [6, 6.07) is 3.02. The summed E-state index contributed by atoms with van der Waals surface area (Å²) in [7, 11) is 0. The molecular formula is C10H9N3O3. The van der Waals surface area contributed by atoms with Gasteiger partial charge in [-0.3, -0.25) is 4.98 Å². The molecular weight excluding hydrogens is 210 g/mol. The third kappa shape index (κ3) is 2.35. The second kappa shape index (κ2) is 4.43. The number of carboxylic acid groups (broad SMARTS) is 1. The predicted molar refractivity (Wildman–Crippen MR) is 55.0 cm³/mol. The zero-order valence-corrected chi connectivity index (χ0v) is 8.25. The molecule has 0 aromatic carbocycles. The molecule has 0 saturated carbocycles. The second-order valence-electron chi connectivity index (χ2n) is 3.02. The van der Waals surface area contributed by atoms with Gasteiger partial charge < -0.3 is 14.8 Å². The molecule has 0 radical (unpaired) electrons. The molecule has 0 unspecified atom stereocenters. The number of aromatic carboxylic acids is 1. The number of anilines is 1. The minimum atomic E-state index is -1.08. The van der Waals surface area contributed by atoms with E-state index < -0.39 is 5.97 Å². The number of carbonyl (C=O) groups is 1. The number of nitrogens with one attached hydrogen (secondary N) is 1. The first-order valence-electron chi connectivity index (χ1n) is 4.57. The van der Waals surface area contributed by atoms with E-state index in [2.05, 4.69) is 15.3 Å². The van der Waals surface area contributed by atoms with Crippen LogP contribution in [0.4, 0.5) is 5.82 Å². The van der Waals surface area contributed by atoms with Crippen LogP contribution in [0.5, 0.6) is 0 Å². The first-order chi connectivity index (χ1) is 7.75. The summed E-state index contributed by atoms with van der Waals surface area (Å²) in [5.41, 5.74) is 0. The summed E-state index contributed by atoms with van der Waals surface area (Å²) in [6.07, 6.45) is 4.70. The molecule has 0 aliphatic rings. The Kier molecular flexibility index (Phi) is 2.81. The van der Waals surface area contributed by atoms with Gasteiger partial charge >= 0.3 is 5.97 Å².